The van der Waals surface area contributed by atoms with E-state index < -0.39 is 0 Å². The van der Waals surface area contributed by atoms with Gasteiger partial charge in [-0.2, -0.15) is 0 Å². The minimum atomic E-state index is 0.130. The molecule has 0 aliphatic rings. The average molecular weight is 307 g/mol. The smallest absolute Gasteiger partial charge is 0.227 e. The first-order valence-electron chi connectivity index (χ1n) is 6.68. The topological polar surface area (TPSA) is 54.2 Å². The lowest BCUT2D eigenvalue weighted by molar-refractivity contribution is 0.300. The third kappa shape index (κ3) is 5.20. The van der Waals surface area contributed by atoms with E-state index in [4.69, 9.17) is 16.7 Å². The van der Waals surface area contributed by atoms with Crippen LogP contribution in [0, 0.1) is 0 Å². The number of halogens is 1. The summed E-state index contributed by atoms with van der Waals surface area (Å²) in [7, 11) is 1.97. The fourth-order valence-electron chi connectivity index (χ4n) is 1.77. The van der Waals surface area contributed by atoms with Crippen LogP contribution in [-0.4, -0.2) is 51.2 Å². The van der Waals surface area contributed by atoms with E-state index in [0.717, 1.165) is 42.7 Å². The van der Waals surface area contributed by atoms with Crippen LogP contribution < -0.4 is 4.90 Å². The van der Waals surface area contributed by atoms with Crippen LogP contribution in [0.3, 0.4) is 0 Å². The normalized spacial score (nSPS) is 10.9. The third-order valence-corrected chi connectivity index (χ3v) is 4.09. The lowest BCUT2D eigenvalue weighted by atomic mass is 10.4. The Bertz CT molecular complexity index is 355. The highest BCUT2D eigenvalue weighted by Gasteiger charge is 2.14. The van der Waals surface area contributed by atoms with E-state index in [1.165, 1.54) is 0 Å². The molecule has 0 aromatic carbocycles. The van der Waals surface area contributed by atoms with E-state index in [2.05, 4.69) is 22.0 Å². The molecule has 19 heavy (non-hydrogen) atoms. The second kappa shape index (κ2) is 9.44. The maximum Gasteiger partial charge on any atom is 0.227 e. The van der Waals surface area contributed by atoms with Gasteiger partial charge in [0.05, 0.1) is 6.61 Å². The highest BCUT2D eigenvalue weighted by molar-refractivity contribution is 7.99. The minimum Gasteiger partial charge on any atom is -0.395 e. The molecule has 1 aromatic rings. The van der Waals surface area contributed by atoms with Gasteiger partial charge < -0.3 is 10.0 Å². The zero-order chi connectivity index (χ0) is 14.1. The Morgan fingerprint density at radius 2 is 2.11 bits per heavy atom. The van der Waals surface area contributed by atoms with E-state index in [9.17, 15) is 0 Å². The first-order valence-corrected chi connectivity index (χ1v) is 8.20. The summed E-state index contributed by atoms with van der Waals surface area (Å²) >= 11 is 7.36. The summed E-state index contributed by atoms with van der Waals surface area (Å²) in [5.41, 5.74) is 0. The Morgan fingerprint density at radius 3 is 2.74 bits per heavy atom. The van der Waals surface area contributed by atoms with E-state index in [1.807, 2.05) is 11.6 Å². The van der Waals surface area contributed by atoms with Crippen LogP contribution in [0.15, 0.2) is 5.16 Å². The van der Waals surface area contributed by atoms with Gasteiger partial charge in [0.2, 0.25) is 5.95 Å². The Balaban J connectivity index is 2.62. The SMILES string of the molecule is CCCN(CCO)c1nnc(SCCCCCl)n1C. The summed E-state index contributed by atoms with van der Waals surface area (Å²) in [5.74, 6) is 2.55. The number of aliphatic hydroxyl groups excluding tert-OH is 1. The maximum absolute atomic E-state index is 9.11. The summed E-state index contributed by atoms with van der Waals surface area (Å²) in [5, 5.41) is 18.5. The number of hydrogen-bond acceptors (Lipinski definition) is 5. The van der Waals surface area contributed by atoms with Crippen molar-refractivity contribution in [1.82, 2.24) is 14.8 Å². The fraction of sp³-hybridized carbons (Fsp3) is 0.833. The molecule has 0 amide bonds. The Hall–Kier alpha value is -0.460. The number of unbranched alkanes of at least 4 members (excludes halogenated alkanes) is 1. The molecule has 0 aliphatic heterocycles. The standard InChI is InChI=1S/C12H23ClN4OS/c1-3-7-17(8-9-18)11-14-15-12(16(11)2)19-10-5-4-6-13/h18H,3-10H2,1-2H3. The second-order valence-corrected chi connectivity index (χ2v) is 5.74. The zero-order valence-corrected chi connectivity index (χ0v) is 13.3. The Labute approximate surface area is 124 Å². The number of aliphatic hydroxyl groups is 1. The van der Waals surface area contributed by atoms with Crippen molar-refractivity contribution in [2.24, 2.45) is 7.05 Å². The molecule has 0 radical (unpaired) electrons. The largest absolute Gasteiger partial charge is 0.395 e. The molecule has 0 aliphatic carbocycles. The number of aromatic nitrogens is 3. The lowest BCUT2D eigenvalue weighted by Gasteiger charge is -2.21. The van der Waals surface area contributed by atoms with Gasteiger partial charge in [-0.3, -0.25) is 4.57 Å². The van der Waals surface area contributed by atoms with Crippen molar-refractivity contribution in [3.8, 4) is 0 Å². The number of alkyl halides is 1. The van der Waals surface area contributed by atoms with Gasteiger partial charge in [0, 0.05) is 31.8 Å². The summed E-state index contributed by atoms with van der Waals surface area (Å²) in [6, 6.07) is 0. The molecule has 0 saturated heterocycles. The molecule has 1 rings (SSSR count). The molecule has 7 heteroatoms. The van der Waals surface area contributed by atoms with Crippen LogP contribution in [0.1, 0.15) is 26.2 Å². The van der Waals surface area contributed by atoms with E-state index >= 15 is 0 Å². The van der Waals surface area contributed by atoms with Gasteiger partial charge in [0.25, 0.3) is 0 Å². The molecule has 0 bridgehead atoms. The number of hydrogen-bond donors (Lipinski definition) is 1. The van der Waals surface area contributed by atoms with Crippen LogP contribution in [-0.2, 0) is 7.05 Å². The lowest BCUT2D eigenvalue weighted by Crippen LogP contribution is -2.29. The highest BCUT2D eigenvalue weighted by Crippen LogP contribution is 2.21. The van der Waals surface area contributed by atoms with Crippen LogP contribution in [0.2, 0.25) is 0 Å². The molecule has 1 N–H and O–H groups in total. The first kappa shape index (κ1) is 16.6. The van der Waals surface area contributed by atoms with Crippen molar-refractivity contribution >= 4 is 29.3 Å². The monoisotopic (exact) mass is 306 g/mol. The van der Waals surface area contributed by atoms with Crippen molar-refractivity contribution in [3.05, 3.63) is 0 Å². The molecule has 1 aromatic heterocycles. The van der Waals surface area contributed by atoms with E-state index in [-0.39, 0.29) is 6.61 Å². The number of rotatable bonds is 10. The van der Waals surface area contributed by atoms with Crippen molar-refractivity contribution < 1.29 is 5.11 Å². The number of thioether (sulfide) groups is 1. The fourth-order valence-corrected chi connectivity index (χ4v) is 2.86. The highest BCUT2D eigenvalue weighted by atomic mass is 35.5. The van der Waals surface area contributed by atoms with Crippen molar-refractivity contribution in [2.45, 2.75) is 31.3 Å². The number of anilines is 1. The van der Waals surface area contributed by atoms with Crippen molar-refractivity contribution in [1.29, 1.82) is 0 Å². The predicted molar refractivity (Wildman–Crippen MR) is 81.3 cm³/mol. The molecule has 0 atom stereocenters. The van der Waals surface area contributed by atoms with Crippen LogP contribution >= 0.6 is 23.4 Å². The molecular formula is C12H23ClN4OS. The predicted octanol–water partition coefficient (Wildman–Crippen LogP) is 2.13. The van der Waals surface area contributed by atoms with E-state index in [0.29, 0.717) is 12.4 Å². The third-order valence-electron chi connectivity index (χ3n) is 2.72. The minimum absolute atomic E-state index is 0.130. The van der Waals surface area contributed by atoms with E-state index in [1.54, 1.807) is 11.8 Å². The van der Waals surface area contributed by atoms with Crippen LogP contribution in [0.5, 0.6) is 0 Å². The van der Waals surface area contributed by atoms with Gasteiger partial charge in [-0.1, -0.05) is 18.7 Å². The number of nitrogens with zero attached hydrogens (tertiary/aromatic N) is 4. The quantitative estimate of drug-likeness (QED) is 0.408. The second-order valence-electron chi connectivity index (χ2n) is 4.30. The van der Waals surface area contributed by atoms with Crippen molar-refractivity contribution in [3.63, 3.8) is 0 Å². The van der Waals surface area contributed by atoms with Gasteiger partial charge >= 0.3 is 0 Å². The summed E-state index contributed by atoms with van der Waals surface area (Å²) in [4.78, 5) is 2.07. The summed E-state index contributed by atoms with van der Waals surface area (Å²) in [6.07, 6.45) is 3.14. The Kier molecular flexibility index (Phi) is 8.25. The molecule has 110 valence electrons. The molecule has 1 heterocycles. The summed E-state index contributed by atoms with van der Waals surface area (Å²) < 4.78 is 2.00. The van der Waals surface area contributed by atoms with Gasteiger partial charge in [0.1, 0.15) is 0 Å². The Morgan fingerprint density at radius 1 is 1.32 bits per heavy atom. The van der Waals surface area contributed by atoms with Crippen molar-refractivity contribution in [2.75, 3.05) is 36.2 Å². The van der Waals surface area contributed by atoms with Gasteiger partial charge in [-0.25, -0.2) is 0 Å². The van der Waals surface area contributed by atoms with Crippen LogP contribution in [0.4, 0.5) is 5.95 Å². The van der Waals surface area contributed by atoms with Gasteiger partial charge in [-0.15, -0.1) is 21.8 Å². The molecule has 0 spiro atoms. The maximum atomic E-state index is 9.11. The average Bonchev–Trinajstić information content (AvgIpc) is 2.76. The van der Waals surface area contributed by atoms with Crippen LogP contribution in [0.25, 0.3) is 0 Å². The molecule has 0 unspecified atom stereocenters. The van der Waals surface area contributed by atoms with Gasteiger partial charge in [-0.05, 0) is 19.3 Å². The first-order chi connectivity index (χ1) is 9.24. The molecule has 5 nitrogen and oxygen atoms in total. The molecule has 0 saturated carbocycles. The summed E-state index contributed by atoms with van der Waals surface area (Å²) in [6.45, 7) is 3.72. The van der Waals surface area contributed by atoms with Gasteiger partial charge in [0.15, 0.2) is 5.16 Å². The zero-order valence-electron chi connectivity index (χ0n) is 11.7. The molecular weight excluding hydrogens is 284 g/mol. The molecule has 0 fully saturated rings.